The van der Waals surface area contributed by atoms with Gasteiger partial charge in [0.05, 0.1) is 43.2 Å². The first-order valence-electron chi connectivity index (χ1n) is 9.65. The second-order valence-corrected chi connectivity index (χ2v) is 7.62. The fourth-order valence-electron chi connectivity index (χ4n) is 3.93. The lowest BCUT2D eigenvalue weighted by molar-refractivity contribution is 0.00622. The van der Waals surface area contributed by atoms with Crippen molar-refractivity contribution in [2.45, 2.75) is 38.5 Å². The molecular formula is C21H24ClN5O2. The van der Waals surface area contributed by atoms with Crippen LogP contribution in [0.2, 0.25) is 5.02 Å². The first-order chi connectivity index (χ1) is 14.1. The highest BCUT2D eigenvalue weighted by atomic mass is 35.5. The fourth-order valence-corrected chi connectivity index (χ4v) is 4.10. The fraction of sp³-hybridized carbons (Fsp3) is 0.381. The average Bonchev–Trinajstić information content (AvgIpc) is 3.10. The molecule has 1 fully saturated rings. The number of nitrogens with zero attached hydrogens (tertiary/aromatic N) is 3. The zero-order valence-corrected chi connectivity index (χ0v) is 17.2. The molecule has 1 aliphatic rings. The van der Waals surface area contributed by atoms with Crippen molar-refractivity contribution in [2.24, 2.45) is 0 Å². The Labute approximate surface area is 174 Å². The van der Waals surface area contributed by atoms with Gasteiger partial charge in [0.1, 0.15) is 11.3 Å². The number of ether oxygens (including phenoxy) is 2. The molecule has 3 aromatic rings. The van der Waals surface area contributed by atoms with E-state index in [2.05, 4.69) is 21.8 Å². The highest BCUT2D eigenvalue weighted by Crippen LogP contribution is 2.34. The number of pyridine rings is 1. The van der Waals surface area contributed by atoms with E-state index in [1.54, 1.807) is 13.3 Å². The Balaban J connectivity index is 1.84. The molecule has 2 aromatic heterocycles. The topological polar surface area (TPSA) is 85.0 Å². The highest BCUT2D eigenvalue weighted by Gasteiger charge is 2.26. The summed E-state index contributed by atoms with van der Waals surface area (Å²) in [5.41, 5.74) is 2.79. The molecule has 2 N–H and O–H groups in total. The Morgan fingerprint density at radius 2 is 2.31 bits per heavy atom. The molecule has 0 aliphatic carbocycles. The Morgan fingerprint density at radius 1 is 1.45 bits per heavy atom. The number of aromatic nitrogens is 3. The van der Waals surface area contributed by atoms with Crippen LogP contribution in [-0.2, 0) is 16.0 Å². The summed E-state index contributed by atoms with van der Waals surface area (Å²) in [4.78, 5) is 9.43. The van der Waals surface area contributed by atoms with Crippen molar-refractivity contribution >= 4 is 39.8 Å². The standard InChI is InChI=1S/C21H24ClN5O2/c1-13-7-15(5-6-29-13)27-20(12-24-10-16(9-23)28-2)26-19-11-25-18-4-3-14(22)8-17(18)21(19)27/h3-4,8-11,13,15,23-24H,5-7,12H2,1-2H3/b16-10+,23-9?/t13-,15?/m1/s1. The van der Waals surface area contributed by atoms with E-state index in [-0.39, 0.29) is 12.1 Å². The molecule has 1 saturated heterocycles. The quantitative estimate of drug-likeness (QED) is 0.467. The lowest BCUT2D eigenvalue weighted by atomic mass is 10.0. The third kappa shape index (κ3) is 3.93. The predicted octanol–water partition coefficient (Wildman–Crippen LogP) is 4.20. The maximum Gasteiger partial charge on any atom is 0.151 e. The number of hydrogen-bond acceptors (Lipinski definition) is 6. The Morgan fingerprint density at radius 3 is 3.07 bits per heavy atom. The van der Waals surface area contributed by atoms with Crippen LogP contribution in [0.15, 0.2) is 36.4 Å². The van der Waals surface area contributed by atoms with Crippen molar-refractivity contribution in [2.75, 3.05) is 13.7 Å². The van der Waals surface area contributed by atoms with E-state index in [0.29, 0.717) is 17.3 Å². The summed E-state index contributed by atoms with van der Waals surface area (Å²) in [6, 6.07) is 6.04. The molecule has 4 rings (SSSR count). The summed E-state index contributed by atoms with van der Waals surface area (Å²) in [5.74, 6) is 1.36. The van der Waals surface area contributed by atoms with Gasteiger partial charge in [-0.1, -0.05) is 11.6 Å². The zero-order valence-electron chi connectivity index (χ0n) is 16.5. The number of nitrogens with one attached hydrogen (secondary N) is 2. The number of methoxy groups -OCH3 is 1. The molecular weight excluding hydrogens is 390 g/mol. The number of fused-ring (bicyclic) bond motifs is 3. The van der Waals surface area contributed by atoms with E-state index in [4.69, 9.17) is 31.5 Å². The summed E-state index contributed by atoms with van der Waals surface area (Å²) in [6.07, 6.45) is 6.70. The first kappa shape index (κ1) is 19.7. The molecule has 0 bridgehead atoms. The third-order valence-electron chi connectivity index (χ3n) is 5.26. The molecule has 7 nitrogen and oxygen atoms in total. The average molecular weight is 414 g/mol. The van der Waals surface area contributed by atoms with Crippen LogP contribution in [0.25, 0.3) is 21.9 Å². The largest absolute Gasteiger partial charge is 0.494 e. The highest BCUT2D eigenvalue weighted by molar-refractivity contribution is 6.31. The molecule has 1 aliphatic heterocycles. The van der Waals surface area contributed by atoms with Gasteiger partial charge >= 0.3 is 0 Å². The van der Waals surface area contributed by atoms with Crippen molar-refractivity contribution in [3.63, 3.8) is 0 Å². The van der Waals surface area contributed by atoms with E-state index in [0.717, 1.165) is 53.4 Å². The summed E-state index contributed by atoms with van der Waals surface area (Å²) in [6.45, 7) is 3.34. The lowest BCUT2D eigenvalue weighted by Gasteiger charge is -2.30. The monoisotopic (exact) mass is 413 g/mol. The minimum Gasteiger partial charge on any atom is -0.494 e. The van der Waals surface area contributed by atoms with E-state index >= 15 is 0 Å². The SMILES string of the molecule is CO/C(C=N)=C/NCc1nc2cnc3ccc(Cl)cc3c2n1C1CCO[C@H](C)C1. The van der Waals surface area contributed by atoms with Crippen LogP contribution in [0.1, 0.15) is 31.6 Å². The molecule has 1 unspecified atom stereocenters. The van der Waals surface area contributed by atoms with Gasteiger partial charge in [-0.05, 0) is 38.0 Å². The maximum atomic E-state index is 7.35. The number of imidazole rings is 1. The van der Waals surface area contributed by atoms with E-state index in [1.165, 1.54) is 0 Å². The van der Waals surface area contributed by atoms with Gasteiger partial charge in [-0.15, -0.1) is 0 Å². The summed E-state index contributed by atoms with van der Waals surface area (Å²) < 4.78 is 13.2. The molecule has 29 heavy (non-hydrogen) atoms. The smallest absolute Gasteiger partial charge is 0.151 e. The first-order valence-corrected chi connectivity index (χ1v) is 10.0. The van der Waals surface area contributed by atoms with Gasteiger partial charge in [-0.3, -0.25) is 4.98 Å². The zero-order chi connectivity index (χ0) is 20.4. The number of benzene rings is 1. The van der Waals surface area contributed by atoms with Gasteiger partial charge in [-0.25, -0.2) is 4.98 Å². The molecule has 152 valence electrons. The van der Waals surface area contributed by atoms with Crippen LogP contribution < -0.4 is 5.32 Å². The molecule has 0 saturated carbocycles. The second kappa shape index (κ2) is 8.39. The van der Waals surface area contributed by atoms with E-state index < -0.39 is 0 Å². The minimum absolute atomic E-state index is 0.196. The molecule has 0 radical (unpaired) electrons. The van der Waals surface area contributed by atoms with Gasteiger partial charge in [0.2, 0.25) is 0 Å². The number of allylic oxidation sites excluding steroid dienone is 1. The predicted molar refractivity (Wildman–Crippen MR) is 114 cm³/mol. The van der Waals surface area contributed by atoms with Crippen molar-refractivity contribution in [1.82, 2.24) is 19.9 Å². The molecule has 0 spiro atoms. The van der Waals surface area contributed by atoms with Crippen LogP contribution >= 0.6 is 11.6 Å². The van der Waals surface area contributed by atoms with Crippen LogP contribution in [0.4, 0.5) is 0 Å². The van der Waals surface area contributed by atoms with Gasteiger partial charge in [0.25, 0.3) is 0 Å². The lowest BCUT2D eigenvalue weighted by Crippen LogP contribution is -2.27. The van der Waals surface area contributed by atoms with Crippen LogP contribution in [0.5, 0.6) is 0 Å². The summed E-state index contributed by atoms with van der Waals surface area (Å²) in [5, 5.41) is 12.2. The summed E-state index contributed by atoms with van der Waals surface area (Å²) in [7, 11) is 1.54. The van der Waals surface area contributed by atoms with Crippen LogP contribution in [-0.4, -0.2) is 40.6 Å². The van der Waals surface area contributed by atoms with Crippen molar-refractivity contribution in [3.8, 4) is 0 Å². The van der Waals surface area contributed by atoms with Gasteiger partial charge < -0.3 is 24.8 Å². The van der Waals surface area contributed by atoms with Crippen molar-refractivity contribution < 1.29 is 9.47 Å². The van der Waals surface area contributed by atoms with Crippen LogP contribution in [0, 0.1) is 5.41 Å². The van der Waals surface area contributed by atoms with E-state index in [9.17, 15) is 0 Å². The van der Waals surface area contributed by atoms with Gasteiger partial charge in [0.15, 0.2) is 5.76 Å². The van der Waals surface area contributed by atoms with Gasteiger partial charge in [-0.2, -0.15) is 0 Å². The minimum atomic E-state index is 0.196. The molecule has 2 atom stereocenters. The van der Waals surface area contributed by atoms with Gasteiger partial charge in [0, 0.05) is 29.3 Å². The van der Waals surface area contributed by atoms with Crippen molar-refractivity contribution in [3.05, 3.63) is 47.2 Å². The number of rotatable bonds is 6. The molecule has 0 amide bonds. The maximum absolute atomic E-state index is 7.35. The summed E-state index contributed by atoms with van der Waals surface area (Å²) >= 11 is 6.30. The Kier molecular flexibility index (Phi) is 5.69. The Bertz CT molecular complexity index is 1080. The molecule has 1 aromatic carbocycles. The number of hydrogen-bond donors (Lipinski definition) is 2. The molecule has 3 heterocycles. The van der Waals surface area contributed by atoms with E-state index in [1.807, 2.05) is 24.4 Å². The number of halogens is 1. The molecule has 8 heteroatoms. The second-order valence-electron chi connectivity index (χ2n) is 7.19. The normalized spacial score (nSPS) is 20.2. The Hall–Kier alpha value is -2.64. The third-order valence-corrected chi connectivity index (χ3v) is 5.49. The van der Waals surface area contributed by atoms with Crippen molar-refractivity contribution in [1.29, 1.82) is 5.41 Å². The van der Waals surface area contributed by atoms with Crippen LogP contribution in [0.3, 0.4) is 0 Å².